The highest BCUT2D eigenvalue weighted by molar-refractivity contribution is 5.38. The Morgan fingerprint density at radius 1 is 1.07 bits per heavy atom. The second-order valence-corrected chi connectivity index (χ2v) is 3.53. The molecule has 0 aliphatic rings. The summed E-state index contributed by atoms with van der Waals surface area (Å²) in [6.07, 6.45) is 5.69. The second kappa shape index (κ2) is 3.25. The molecule has 0 amide bonds. The average Bonchev–Trinajstić information content (AvgIpc) is 2.51. The van der Waals surface area contributed by atoms with Gasteiger partial charge in [0.2, 0.25) is 0 Å². The van der Waals surface area contributed by atoms with Crippen molar-refractivity contribution in [2.45, 2.75) is 20.8 Å². The lowest BCUT2D eigenvalue weighted by atomic mass is 10.2. The summed E-state index contributed by atoms with van der Waals surface area (Å²) in [4.78, 5) is 8.47. The first-order chi connectivity index (χ1) is 6.66. The van der Waals surface area contributed by atoms with Crippen LogP contribution in [-0.2, 0) is 0 Å². The average molecular weight is 187 g/mol. The van der Waals surface area contributed by atoms with E-state index in [-0.39, 0.29) is 0 Å². The minimum Gasteiger partial charge on any atom is -0.304 e. The van der Waals surface area contributed by atoms with E-state index in [1.165, 1.54) is 5.56 Å². The van der Waals surface area contributed by atoms with Gasteiger partial charge < -0.3 is 4.57 Å². The molecule has 0 unspecified atom stereocenters. The third-order valence-corrected chi connectivity index (χ3v) is 2.21. The Morgan fingerprint density at radius 3 is 2.43 bits per heavy atom. The Labute approximate surface area is 83.4 Å². The second-order valence-electron chi connectivity index (χ2n) is 3.53. The quantitative estimate of drug-likeness (QED) is 0.685. The highest BCUT2D eigenvalue weighted by Gasteiger charge is 2.01. The van der Waals surface area contributed by atoms with E-state index in [4.69, 9.17) is 0 Å². The molecule has 2 rings (SSSR count). The minimum absolute atomic E-state index is 1.02. The fourth-order valence-corrected chi connectivity index (χ4v) is 1.51. The van der Waals surface area contributed by atoms with E-state index >= 15 is 0 Å². The molecule has 0 N–H and O–H groups in total. The van der Waals surface area contributed by atoms with Gasteiger partial charge in [-0.25, -0.2) is 4.98 Å². The van der Waals surface area contributed by atoms with Crippen LogP contribution in [0.15, 0.2) is 24.8 Å². The van der Waals surface area contributed by atoms with Crippen molar-refractivity contribution in [3.63, 3.8) is 0 Å². The Balaban J connectivity index is 2.52. The molecule has 3 nitrogen and oxygen atoms in total. The molecule has 72 valence electrons. The Morgan fingerprint density at radius 2 is 1.86 bits per heavy atom. The van der Waals surface area contributed by atoms with E-state index in [2.05, 4.69) is 23.0 Å². The Hall–Kier alpha value is -1.64. The van der Waals surface area contributed by atoms with Gasteiger partial charge in [0.05, 0.1) is 23.9 Å². The first-order valence-electron chi connectivity index (χ1n) is 4.61. The van der Waals surface area contributed by atoms with Crippen molar-refractivity contribution >= 4 is 0 Å². The SMILES string of the molecule is Cc1cc(C)c(-n2cnc(C)c2)cn1. The molecule has 0 saturated carbocycles. The van der Waals surface area contributed by atoms with Crippen LogP contribution in [-0.4, -0.2) is 14.5 Å². The van der Waals surface area contributed by atoms with Gasteiger partial charge in [0, 0.05) is 11.9 Å². The van der Waals surface area contributed by atoms with Crippen molar-refractivity contribution in [3.05, 3.63) is 41.7 Å². The van der Waals surface area contributed by atoms with E-state index in [0.717, 1.165) is 17.1 Å². The highest BCUT2D eigenvalue weighted by atomic mass is 15.0. The van der Waals surface area contributed by atoms with Gasteiger partial charge in [-0.1, -0.05) is 0 Å². The standard InChI is InChI=1S/C11H13N3/c1-8-4-9(2)12-5-11(8)14-6-10(3)13-7-14/h4-7H,1-3H3. The summed E-state index contributed by atoms with van der Waals surface area (Å²) in [5.74, 6) is 0. The molecule has 0 radical (unpaired) electrons. The fourth-order valence-electron chi connectivity index (χ4n) is 1.51. The van der Waals surface area contributed by atoms with Crippen LogP contribution < -0.4 is 0 Å². The van der Waals surface area contributed by atoms with Crippen LogP contribution in [0.25, 0.3) is 5.69 Å². The number of imidazole rings is 1. The summed E-state index contributed by atoms with van der Waals surface area (Å²) in [5, 5.41) is 0. The van der Waals surface area contributed by atoms with Crippen molar-refractivity contribution < 1.29 is 0 Å². The van der Waals surface area contributed by atoms with Crippen LogP contribution in [0.2, 0.25) is 0 Å². The molecule has 0 aliphatic heterocycles. The normalized spacial score (nSPS) is 10.5. The summed E-state index contributed by atoms with van der Waals surface area (Å²) in [6.45, 7) is 6.06. The zero-order chi connectivity index (χ0) is 10.1. The number of rotatable bonds is 1. The van der Waals surface area contributed by atoms with Crippen LogP contribution in [0, 0.1) is 20.8 Å². The van der Waals surface area contributed by atoms with E-state index in [1.54, 1.807) is 0 Å². The van der Waals surface area contributed by atoms with Crippen LogP contribution in [0.1, 0.15) is 17.0 Å². The van der Waals surface area contributed by atoms with Crippen LogP contribution in [0.4, 0.5) is 0 Å². The zero-order valence-electron chi connectivity index (χ0n) is 8.65. The smallest absolute Gasteiger partial charge is 0.0995 e. The lowest BCUT2D eigenvalue weighted by Gasteiger charge is -2.05. The number of aromatic nitrogens is 3. The van der Waals surface area contributed by atoms with Gasteiger partial charge in [-0.3, -0.25) is 4.98 Å². The maximum Gasteiger partial charge on any atom is 0.0995 e. The number of aryl methyl sites for hydroxylation is 3. The van der Waals surface area contributed by atoms with Crippen molar-refractivity contribution in [1.82, 2.24) is 14.5 Å². The predicted molar refractivity (Wildman–Crippen MR) is 55.6 cm³/mol. The van der Waals surface area contributed by atoms with E-state index < -0.39 is 0 Å². The third-order valence-electron chi connectivity index (χ3n) is 2.21. The van der Waals surface area contributed by atoms with Gasteiger partial charge in [0.1, 0.15) is 0 Å². The van der Waals surface area contributed by atoms with Gasteiger partial charge in [-0.05, 0) is 32.4 Å². The van der Waals surface area contributed by atoms with Crippen molar-refractivity contribution in [3.8, 4) is 5.69 Å². The molecule has 0 spiro atoms. The number of hydrogen-bond acceptors (Lipinski definition) is 2. The van der Waals surface area contributed by atoms with Gasteiger partial charge >= 0.3 is 0 Å². The largest absolute Gasteiger partial charge is 0.304 e. The lowest BCUT2D eigenvalue weighted by Crippen LogP contribution is -1.96. The van der Waals surface area contributed by atoms with Gasteiger partial charge in [-0.15, -0.1) is 0 Å². The van der Waals surface area contributed by atoms with Gasteiger partial charge in [0.15, 0.2) is 0 Å². The molecule has 0 fully saturated rings. The topological polar surface area (TPSA) is 30.7 Å². The predicted octanol–water partition coefficient (Wildman–Crippen LogP) is 2.19. The summed E-state index contributed by atoms with van der Waals surface area (Å²) in [5.41, 5.74) is 4.37. The molecule has 0 atom stereocenters. The molecule has 0 bridgehead atoms. The molecule has 2 aromatic heterocycles. The summed E-state index contributed by atoms with van der Waals surface area (Å²) < 4.78 is 2.00. The number of nitrogens with zero attached hydrogens (tertiary/aromatic N) is 3. The maximum atomic E-state index is 4.28. The molecular weight excluding hydrogens is 174 g/mol. The number of hydrogen-bond donors (Lipinski definition) is 0. The van der Waals surface area contributed by atoms with Crippen molar-refractivity contribution in [2.75, 3.05) is 0 Å². The Bertz CT molecular complexity index is 457. The molecular formula is C11H13N3. The van der Waals surface area contributed by atoms with Crippen LogP contribution in [0.5, 0.6) is 0 Å². The maximum absolute atomic E-state index is 4.28. The highest BCUT2D eigenvalue weighted by Crippen LogP contribution is 2.13. The first-order valence-corrected chi connectivity index (χ1v) is 4.61. The van der Waals surface area contributed by atoms with Crippen molar-refractivity contribution in [1.29, 1.82) is 0 Å². The fraction of sp³-hybridized carbons (Fsp3) is 0.273. The molecule has 0 saturated heterocycles. The summed E-state index contributed by atoms with van der Waals surface area (Å²) in [7, 11) is 0. The molecule has 0 aromatic carbocycles. The number of pyridine rings is 1. The van der Waals surface area contributed by atoms with E-state index in [1.807, 2.05) is 37.1 Å². The zero-order valence-corrected chi connectivity index (χ0v) is 8.65. The lowest BCUT2D eigenvalue weighted by molar-refractivity contribution is 1.01. The van der Waals surface area contributed by atoms with E-state index in [9.17, 15) is 0 Å². The molecule has 14 heavy (non-hydrogen) atoms. The first kappa shape index (κ1) is 8.94. The molecule has 2 aromatic rings. The molecule has 3 heteroatoms. The van der Waals surface area contributed by atoms with Crippen LogP contribution in [0.3, 0.4) is 0 Å². The van der Waals surface area contributed by atoms with Gasteiger partial charge in [0.25, 0.3) is 0 Å². The molecule has 2 heterocycles. The summed E-state index contributed by atoms with van der Waals surface area (Å²) in [6, 6.07) is 2.07. The minimum atomic E-state index is 1.02. The van der Waals surface area contributed by atoms with Crippen LogP contribution >= 0.6 is 0 Å². The summed E-state index contributed by atoms with van der Waals surface area (Å²) >= 11 is 0. The molecule has 0 aliphatic carbocycles. The van der Waals surface area contributed by atoms with Gasteiger partial charge in [-0.2, -0.15) is 0 Å². The Kier molecular flexibility index (Phi) is 2.08. The van der Waals surface area contributed by atoms with E-state index in [0.29, 0.717) is 0 Å². The van der Waals surface area contributed by atoms with Crippen molar-refractivity contribution in [2.24, 2.45) is 0 Å². The monoisotopic (exact) mass is 187 g/mol. The third kappa shape index (κ3) is 1.53.